The molecule has 0 radical (unpaired) electrons. The predicted molar refractivity (Wildman–Crippen MR) is 91.8 cm³/mol. The number of nitrogens with one attached hydrogen (secondary N) is 1. The van der Waals surface area contributed by atoms with E-state index >= 15 is 0 Å². The highest BCUT2D eigenvalue weighted by Gasteiger charge is 2.32. The number of ether oxygens (including phenoxy) is 1. The highest BCUT2D eigenvalue weighted by atomic mass is 16.5. The smallest absolute Gasteiger partial charge is 0.0589 e. The van der Waals surface area contributed by atoms with E-state index in [-0.39, 0.29) is 0 Å². The minimum atomic E-state index is 0.481. The first-order valence-corrected chi connectivity index (χ1v) is 9.04. The van der Waals surface area contributed by atoms with Gasteiger partial charge in [-0.05, 0) is 30.7 Å². The summed E-state index contributed by atoms with van der Waals surface area (Å²) >= 11 is 0. The first-order valence-electron chi connectivity index (χ1n) is 9.04. The molecule has 1 saturated carbocycles. The Bertz CT molecular complexity index is 248. The lowest BCUT2D eigenvalue weighted by molar-refractivity contribution is 0.0861. The third-order valence-corrected chi connectivity index (χ3v) is 4.71. The Balaban J connectivity index is 2.68. The van der Waals surface area contributed by atoms with E-state index in [9.17, 15) is 0 Å². The monoisotopic (exact) mass is 298 g/mol. The van der Waals surface area contributed by atoms with Crippen LogP contribution in [0.2, 0.25) is 0 Å². The largest absolute Gasteiger partial charge is 0.383 e. The fraction of sp³-hybridized carbons (Fsp3) is 1.00. The Hall–Kier alpha value is -0.120. The van der Waals surface area contributed by atoms with Crippen molar-refractivity contribution in [2.24, 2.45) is 11.3 Å². The van der Waals surface area contributed by atoms with Crippen molar-refractivity contribution in [2.75, 3.05) is 46.4 Å². The van der Waals surface area contributed by atoms with Gasteiger partial charge >= 0.3 is 0 Å². The molecule has 1 fully saturated rings. The van der Waals surface area contributed by atoms with Crippen molar-refractivity contribution in [2.45, 2.75) is 59.3 Å². The van der Waals surface area contributed by atoms with Crippen molar-refractivity contribution in [3.8, 4) is 0 Å². The maximum atomic E-state index is 5.32. The van der Waals surface area contributed by atoms with Crippen LogP contribution in [0, 0.1) is 11.3 Å². The van der Waals surface area contributed by atoms with Crippen LogP contribution in [0.5, 0.6) is 0 Å². The van der Waals surface area contributed by atoms with Gasteiger partial charge in [0.15, 0.2) is 0 Å². The van der Waals surface area contributed by atoms with Crippen LogP contribution in [0.3, 0.4) is 0 Å². The molecule has 0 spiro atoms. The zero-order chi connectivity index (χ0) is 15.6. The van der Waals surface area contributed by atoms with Gasteiger partial charge in [-0.2, -0.15) is 0 Å². The Morgan fingerprint density at radius 3 is 2.33 bits per heavy atom. The lowest BCUT2D eigenvalue weighted by atomic mass is 9.79. The molecule has 1 aliphatic rings. The van der Waals surface area contributed by atoms with Crippen LogP contribution in [0.4, 0.5) is 0 Å². The molecule has 126 valence electrons. The summed E-state index contributed by atoms with van der Waals surface area (Å²) in [6.45, 7) is 13.5. The molecular weight excluding hydrogens is 260 g/mol. The quantitative estimate of drug-likeness (QED) is 0.624. The van der Waals surface area contributed by atoms with Gasteiger partial charge in [-0.1, -0.05) is 46.5 Å². The second-order valence-electron chi connectivity index (χ2n) is 7.32. The van der Waals surface area contributed by atoms with Gasteiger partial charge in [-0.3, -0.25) is 0 Å². The first-order chi connectivity index (χ1) is 10.1. The summed E-state index contributed by atoms with van der Waals surface area (Å²) in [6.07, 6.45) is 8.45. The molecule has 21 heavy (non-hydrogen) atoms. The van der Waals surface area contributed by atoms with Gasteiger partial charge in [0.1, 0.15) is 0 Å². The molecule has 1 aliphatic carbocycles. The van der Waals surface area contributed by atoms with Crippen LogP contribution in [-0.4, -0.2) is 51.3 Å². The third-order valence-electron chi connectivity index (χ3n) is 4.71. The van der Waals surface area contributed by atoms with E-state index in [1.165, 1.54) is 58.2 Å². The number of hydrogen-bond acceptors (Lipinski definition) is 3. The van der Waals surface area contributed by atoms with Gasteiger partial charge in [0, 0.05) is 33.3 Å². The highest BCUT2D eigenvalue weighted by Crippen LogP contribution is 2.35. The molecule has 0 amide bonds. The molecule has 0 saturated heterocycles. The fourth-order valence-corrected chi connectivity index (χ4v) is 3.71. The lowest BCUT2D eigenvalue weighted by Crippen LogP contribution is -2.46. The minimum absolute atomic E-state index is 0.481. The molecule has 0 bridgehead atoms. The zero-order valence-corrected chi connectivity index (χ0v) is 14.9. The summed E-state index contributed by atoms with van der Waals surface area (Å²) in [5.41, 5.74) is 0.481. The number of nitrogens with zero attached hydrogens (tertiary/aromatic N) is 1. The molecular formula is C18H38N2O. The van der Waals surface area contributed by atoms with E-state index in [0.29, 0.717) is 5.41 Å². The Kier molecular flexibility index (Phi) is 9.54. The van der Waals surface area contributed by atoms with Gasteiger partial charge in [0.25, 0.3) is 0 Å². The Morgan fingerprint density at radius 2 is 1.81 bits per heavy atom. The van der Waals surface area contributed by atoms with Gasteiger partial charge in [-0.25, -0.2) is 0 Å². The molecule has 3 nitrogen and oxygen atoms in total. The van der Waals surface area contributed by atoms with E-state index in [4.69, 9.17) is 4.74 Å². The SMILES string of the molecule is CCNCC1(CN(CCOC)CC(C)C)CCCCCC1. The first kappa shape index (κ1) is 18.9. The molecule has 0 aliphatic heterocycles. The molecule has 0 heterocycles. The van der Waals surface area contributed by atoms with Crippen LogP contribution in [-0.2, 0) is 4.74 Å². The Morgan fingerprint density at radius 1 is 1.14 bits per heavy atom. The van der Waals surface area contributed by atoms with Crippen LogP contribution >= 0.6 is 0 Å². The number of hydrogen-bond donors (Lipinski definition) is 1. The molecule has 0 unspecified atom stereocenters. The average molecular weight is 299 g/mol. The van der Waals surface area contributed by atoms with E-state index in [0.717, 1.165) is 25.6 Å². The Labute approximate surface area is 132 Å². The third kappa shape index (κ3) is 7.62. The normalized spacial score (nSPS) is 19.1. The highest BCUT2D eigenvalue weighted by molar-refractivity contribution is 4.87. The maximum Gasteiger partial charge on any atom is 0.0589 e. The zero-order valence-electron chi connectivity index (χ0n) is 14.9. The van der Waals surface area contributed by atoms with Crippen molar-refractivity contribution in [1.82, 2.24) is 10.2 Å². The van der Waals surface area contributed by atoms with E-state index in [2.05, 4.69) is 31.0 Å². The molecule has 0 aromatic heterocycles. The minimum Gasteiger partial charge on any atom is -0.383 e. The summed E-state index contributed by atoms with van der Waals surface area (Å²) in [7, 11) is 1.81. The molecule has 1 rings (SSSR count). The number of methoxy groups -OCH3 is 1. The lowest BCUT2D eigenvalue weighted by Gasteiger charge is -2.39. The molecule has 0 aromatic rings. The van der Waals surface area contributed by atoms with E-state index in [1.807, 2.05) is 7.11 Å². The van der Waals surface area contributed by atoms with Crippen molar-refractivity contribution in [3.05, 3.63) is 0 Å². The topological polar surface area (TPSA) is 24.5 Å². The summed E-state index contributed by atoms with van der Waals surface area (Å²) in [4.78, 5) is 2.65. The molecule has 3 heteroatoms. The van der Waals surface area contributed by atoms with E-state index < -0.39 is 0 Å². The van der Waals surface area contributed by atoms with Crippen LogP contribution < -0.4 is 5.32 Å². The fourth-order valence-electron chi connectivity index (χ4n) is 3.71. The van der Waals surface area contributed by atoms with Gasteiger partial charge < -0.3 is 15.0 Å². The van der Waals surface area contributed by atoms with Gasteiger partial charge in [-0.15, -0.1) is 0 Å². The summed E-state index contributed by atoms with van der Waals surface area (Å²) in [5.74, 6) is 0.726. The van der Waals surface area contributed by atoms with Crippen LogP contribution in [0.25, 0.3) is 0 Å². The second-order valence-corrected chi connectivity index (χ2v) is 7.32. The van der Waals surface area contributed by atoms with Crippen molar-refractivity contribution in [3.63, 3.8) is 0 Å². The summed E-state index contributed by atoms with van der Waals surface area (Å²) < 4.78 is 5.32. The summed E-state index contributed by atoms with van der Waals surface area (Å²) in [5, 5.41) is 3.64. The van der Waals surface area contributed by atoms with Crippen LogP contribution in [0.15, 0.2) is 0 Å². The standard InChI is InChI=1S/C18H38N2O/c1-5-19-15-18(10-8-6-7-9-11-18)16-20(12-13-21-4)14-17(2)3/h17,19H,5-16H2,1-4H3. The second kappa shape index (κ2) is 10.6. The molecule has 0 aromatic carbocycles. The molecule has 0 atom stereocenters. The maximum absolute atomic E-state index is 5.32. The predicted octanol–water partition coefficient (Wildman–Crippen LogP) is 3.54. The van der Waals surface area contributed by atoms with Crippen molar-refractivity contribution >= 4 is 0 Å². The summed E-state index contributed by atoms with van der Waals surface area (Å²) in [6, 6.07) is 0. The van der Waals surface area contributed by atoms with Crippen LogP contribution in [0.1, 0.15) is 59.3 Å². The van der Waals surface area contributed by atoms with Crippen molar-refractivity contribution in [1.29, 1.82) is 0 Å². The molecule has 1 N–H and O–H groups in total. The average Bonchev–Trinajstić information content (AvgIpc) is 2.68. The van der Waals surface area contributed by atoms with Gasteiger partial charge in [0.05, 0.1) is 6.61 Å². The number of rotatable bonds is 10. The van der Waals surface area contributed by atoms with Crippen molar-refractivity contribution < 1.29 is 4.74 Å². The van der Waals surface area contributed by atoms with E-state index in [1.54, 1.807) is 0 Å². The van der Waals surface area contributed by atoms with Gasteiger partial charge in [0.2, 0.25) is 0 Å².